The molecule has 2 rings (SSSR count). The summed E-state index contributed by atoms with van der Waals surface area (Å²) in [5, 5.41) is 3.15. The van der Waals surface area contributed by atoms with E-state index in [1.807, 2.05) is 6.92 Å². The van der Waals surface area contributed by atoms with E-state index in [4.69, 9.17) is 4.74 Å². The topological polar surface area (TPSA) is 38.3 Å². The zero-order valence-corrected chi connectivity index (χ0v) is 19.0. The molecule has 0 bridgehead atoms. The SMILES string of the molecule is COc1cc(C)c([C@H](C)NC(=O)CSCc2cc(C)cc(C)c2)cc1C(C)C. The van der Waals surface area contributed by atoms with Crippen LogP contribution in [-0.4, -0.2) is 18.8 Å². The van der Waals surface area contributed by atoms with E-state index in [0.717, 1.165) is 22.6 Å². The van der Waals surface area contributed by atoms with Gasteiger partial charge >= 0.3 is 0 Å². The fourth-order valence-electron chi connectivity index (χ4n) is 3.59. The van der Waals surface area contributed by atoms with Crippen molar-refractivity contribution in [3.05, 3.63) is 63.7 Å². The number of aryl methyl sites for hydroxylation is 3. The fraction of sp³-hybridized carbons (Fsp3) is 0.458. The van der Waals surface area contributed by atoms with Gasteiger partial charge in [-0.05, 0) is 68.0 Å². The monoisotopic (exact) mass is 399 g/mol. The molecule has 4 heteroatoms. The molecule has 3 nitrogen and oxygen atoms in total. The van der Waals surface area contributed by atoms with Crippen LogP contribution < -0.4 is 10.1 Å². The first-order valence-corrected chi connectivity index (χ1v) is 11.0. The van der Waals surface area contributed by atoms with Crippen molar-refractivity contribution < 1.29 is 9.53 Å². The molecule has 0 saturated carbocycles. The van der Waals surface area contributed by atoms with Gasteiger partial charge in [-0.1, -0.05) is 43.2 Å². The highest BCUT2D eigenvalue weighted by Gasteiger charge is 2.16. The maximum atomic E-state index is 12.4. The lowest BCUT2D eigenvalue weighted by atomic mass is 9.93. The molecule has 1 atom stereocenters. The normalized spacial score (nSPS) is 12.1. The van der Waals surface area contributed by atoms with Crippen LogP contribution in [-0.2, 0) is 10.5 Å². The molecule has 0 heterocycles. The average Bonchev–Trinajstić information content (AvgIpc) is 2.60. The highest BCUT2D eigenvalue weighted by Crippen LogP contribution is 2.32. The summed E-state index contributed by atoms with van der Waals surface area (Å²) < 4.78 is 5.52. The number of carbonyl (C=O) groups excluding carboxylic acids is 1. The van der Waals surface area contributed by atoms with Crippen molar-refractivity contribution in [2.75, 3.05) is 12.9 Å². The Labute approximate surface area is 174 Å². The summed E-state index contributed by atoms with van der Waals surface area (Å²) in [4.78, 5) is 12.4. The predicted molar refractivity (Wildman–Crippen MR) is 120 cm³/mol. The van der Waals surface area contributed by atoms with Gasteiger partial charge in [0.05, 0.1) is 18.9 Å². The Morgan fingerprint density at radius 3 is 2.21 bits per heavy atom. The number of benzene rings is 2. The lowest BCUT2D eigenvalue weighted by molar-refractivity contribution is -0.119. The molecule has 0 fully saturated rings. The third-order valence-corrected chi connectivity index (χ3v) is 5.87. The lowest BCUT2D eigenvalue weighted by Crippen LogP contribution is -2.28. The number of carbonyl (C=O) groups is 1. The number of nitrogens with one attached hydrogen (secondary N) is 1. The highest BCUT2D eigenvalue weighted by atomic mass is 32.2. The fourth-order valence-corrected chi connectivity index (χ4v) is 4.36. The predicted octanol–water partition coefficient (Wildman–Crippen LogP) is 5.85. The second-order valence-corrected chi connectivity index (χ2v) is 8.87. The van der Waals surface area contributed by atoms with E-state index >= 15 is 0 Å². The zero-order chi connectivity index (χ0) is 20.8. The number of thioether (sulfide) groups is 1. The summed E-state index contributed by atoms with van der Waals surface area (Å²) in [7, 11) is 1.71. The molecule has 0 radical (unpaired) electrons. The Hall–Kier alpha value is -1.94. The molecule has 2 aromatic rings. The summed E-state index contributed by atoms with van der Waals surface area (Å²) in [5.41, 5.74) is 7.27. The minimum atomic E-state index is -0.0299. The molecule has 1 N–H and O–H groups in total. The van der Waals surface area contributed by atoms with Crippen LogP contribution in [0.25, 0.3) is 0 Å². The number of hydrogen-bond acceptors (Lipinski definition) is 3. The summed E-state index contributed by atoms with van der Waals surface area (Å²) in [6, 6.07) is 10.8. The largest absolute Gasteiger partial charge is 0.496 e. The molecule has 0 spiro atoms. The Morgan fingerprint density at radius 2 is 1.64 bits per heavy atom. The van der Waals surface area contributed by atoms with Gasteiger partial charge in [-0.25, -0.2) is 0 Å². The first-order valence-electron chi connectivity index (χ1n) is 9.84. The van der Waals surface area contributed by atoms with Crippen LogP contribution >= 0.6 is 11.8 Å². The van der Waals surface area contributed by atoms with Crippen molar-refractivity contribution in [1.29, 1.82) is 0 Å². The third-order valence-electron chi connectivity index (χ3n) is 4.87. The van der Waals surface area contributed by atoms with Crippen LogP contribution in [0.1, 0.15) is 66.1 Å². The second-order valence-electron chi connectivity index (χ2n) is 7.88. The smallest absolute Gasteiger partial charge is 0.230 e. The number of hydrogen-bond donors (Lipinski definition) is 1. The van der Waals surface area contributed by atoms with Gasteiger partial charge in [0.15, 0.2) is 0 Å². The molecule has 0 saturated heterocycles. The zero-order valence-electron chi connectivity index (χ0n) is 18.2. The Bertz CT molecular complexity index is 809. The van der Waals surface area contributed by atoms with E-state index in [-0.39, 0.29) is 11.9 Å². The van der Waals surface area contributed by atoms with Gasteiger partial charge in [-0.15, -0.1) is 11.8 Å². The molecule has 0 aliphatic rings. The molecule has 1 amide bonds. The van der Waals surface area contributed by atoms with Gasteiger partial charge in [0.1, 0.15) is 5.75 Å². The average molecular weight is 400 g/mol. The molecule has 2 aromatic carbocycles. The molecule has 0 aliphatic carbocycles. The van der Waals surface area contributed by atoms with Crippen molar-refractivity contribution in [2.45, 2.75) is 59.3 Å². The van der Waals surface area contributed by atoms with Gasteiger partial charge < -0.3 is 10.1 Å². The molecule has 28 heavy (non-hydrogen) atoms. The Morgan fingerprint density at radius 1 is 1.00 bits per heavy atom. The third kappa shape index (κ3) is 6.03. The van der Waals surface area contributed by atoms with E-state index in [2.05, 4.69) is 70.3 Å². The van der Waals surface area contributed by atoms with E-state index < -0.39 is 0 Å². The summed E-state index contributed by atoms with van der Waals surface area (Å²) in [6.07, 6.45) is 0. The second kappa shape index (κ2) is 10.0. The number of ether oxygens (including phenoxy) is 1. The van der Waals surface area contributed by atoms with E-state index in [0.29, 0.717) is 11.7 Å². The van der Waals surface area contributed by atoms with Crippen LogP contribution in [0, 0.1) is 20.8 Å². The van der Waals surface area contributed by atoms with Crippen LogP contribution in [0.3, 0.4) is 0 Å². The van der Waals surface area contributed by atoms with Crippen LogP contribution in [0.4, 0.5) is 0 Å². The number of amides is 1. The lowest BCUT2D eigenvalue weighted by Gasteiger charge is -2.21. The maximum Gasteiger partial charge on any atom is 0.230 e. The van der Waals surface area contributed by atoms with Crippen molar-refractivity contribution >= 4 is 17.7 Å². The summed E-state index contributed by atoms with van der Waals surface area (Å²) in [5.74, 6) is 2.67. The quantitative estimate of drug-likeness (QED) is 0.605. The molecule has 0 unspecified atom stereocenters. The van der Waals surface area contributed by atoms with Gasteiger partial charge in [0.2, 0.25) is 5.91 Å². The number of rotatable bonds is 8. The maximum absolute atomic E-state index is 12.4. The van der Waals surface area contributed by atoms with Crippen LogP contribution in [0.5, 0.6) is 5.75 Å². The molecule has 0 aliphatic heterocycles. The van der Waals surface area contributed by atoms with Crippen molar-refractivity contribution in [2.24, 2.45) is 0 Å². The van der Waals surface area contributed by atoms with E-state index in [9.17, 15) is 4.79 Å². The highest BCUT2D eigenvalue weighted by molar-refractivity contribution is 7.99. The number of methoxy groups -OCH3 is 1. The van der Waals surface area contributed by atoms with Crippen molar-refractivity contribution in [3.8, 4) is 5.75 Å². The Balaban J connectivity index is 1.97. The van der Waals surface area contributed by atoms with Gasteiger partial charge in [-0.3, -0.25) is 4.79 Å². The molecular formula is C24H33NO2S. The minimum absolute atomic E-state index is 0.0299. The van der Waals surface area contributed by atoms with Crippen molar-refractivity contribution in [3.63, 3.8) is 0 Å². The first-order chi connectivity index (χ1) is 13.2. The van der Waals surface area contributed by atoms with E-state index in [1.165, 1.54) is 22.3 Å². The molecule has 0 aromatic heterocycles. The minimum Gasteiger partial charge on any atom is -0.496 e. The van der Waals surface area contributed by atoms with E-state index in [1.54, 1.807) is 18.9 Å². The first kappa shape index (κ1) is 22.4. The van der Waals surface area contributed by atoms with Gasteiger partial charge in [0, 0.05) is 5.75 Å². The Kier molecular flexibility index (Phi) is 7.99. The molecule has 152 valence electrons. The van der Waals surface area contributed by atoms with Gasteiger partial charge in [0.25, 0.3) is 0 Å². The standard InChI is InChI=1S/C24H33NO2S/c1-15(2)21-12-22(18(5)11-23(21)27-7)19(6)25-24(26)14-28-13-20-9-16(3)8-17(4)10-20/h8-12,15,19H,13-14H2,1-7H3,(H,25,26)/t19-/m0/s1. The van der Waals surface area contributed by atoms with Gasteiger partial charge in [-0.2, -0.15) is 0 Å². The van der Waals surface area contributed by atoms with Crippen LogP contribution in [0.2, 0.25) is 0 Å². The van der Waals surface area contributed by atoms with Crippen LogP contribution in [0.15, 0.2) is 30.3 Å². The summed E-state index contributed by atoms with van der Waals surface area (Å²) >= 11 is 1.66. The molecular weight excluding hydrogens is 366 g/mol. The summed E-state index contributed by atoms with van der Waals surface area (Å²) in [6.45, 7) is 12.6. The van der Waals surface area contributed by atoms with Crippen molar-refractivity contribution in [1.82, 2.24) is 5.32 Å².